The van der Waals surface area contributed by atoms with Crippen molar-refractivity contribution in [3.63, 3.8) is 0 Å². The van der Waals surface area contributed by atoms with Gasteiger partial charge in [-0.05, 0) is 87.4 Å². The highest BCUT2D eigenvalue weighted by molar-refractivity contribution is 6.03. The number of methoxy groups -OCH3 is 1. The third kappa shape index (κ3) is 5.86. The Morgan fingerprint density at radius 1 is 0.925 bits per heavy atom. The van der Waals surface area contributed by atoms with Gasteiger partial charge in [-0.2, -0.15) is 0 Å². The molecule has 1 fully saturated rings. The summed E-state index contributed by atoms with van der Waals surface area (Å²) in [6.45, 7) is 7.88. The Morgan fingerprint density at radius 2 is 1.73 bits per heavy atom. The van der Waals surface area contributed by atoms with E-state index in [0.29, 0.717) is 47.4 Å². The number of amides is 1. The Hall–Kier alpha value is -4.20. The van der Waals surface area contributed by atoms with Crippen molar-refractivity contribution in [3.8, 4) is 28.7 Å². The van der Waals surface area contributed by atoms with Gasteiger partial charge in [0.2, 0.25) is 0 Å². The van der Waals surface area contributed by atoms with Crippen molar-refractivity contribution in [1.82, 2.24) is 4.90 Å². The predicted molar refractivity (Wildman–Crippen MR) is 157 cm³/mol. The van der Waals surface area contributed by atoms with Crippen LogP contribution in [0, 0.1) is 20.8 Å². The number of nitrogens with zero attached hydrogens (tertiary/aromatic N) is 2. The second kappa shape index (κ2) is 11.9. The van der Waals surface area contributed by atoms with Gasteiger partial charge < -0.3 is 29.6 Å². The smallest absolute Gasteiger partial charge is 0.256 e. The lowest BCUT2D eigenvalue weighted by Crippen LogP contribution is -2.35. The van der Waals surface area contributed by atoms with Crippen molar-refractivity contribution in [2.24, 2.45) is 4.99 Å². The average molecular weight is 544 g/mol. The van der Waals surface area contributed by atoms with Crippen LogP contribution in [0.15, 0.2) is 47.5 Å². The number of benzene rings is 3. The summed E-state index contributed by atoms with van der Waals surface area (Å²) in [5.41, 5.74) is 11.2. The fourth-order valence-electron chi connectivity index (χ4n) is 5.11. The topological polar surface area (TPSA) is 95.6 Å². The highest BCUT2D eigenvalue weighted by Gasteiger charge is 2.32. The fraction of sp³-hybridized carbons (Fsp3) is 0.375. The van der Waals surface area contributed by atoms with Gasteiger partial charge in [-0.1, -0.05) is 0 Å². The summed E-state index contributed by atoms with van der Waals surface area (Å²) in [5, 5.41) is 0. The maximum Gasteiger partial charge on any atom is 0.256 e. The minimum Gasteiger partial charge on any atom is -0.496 e. The molecule has 2 heterocycles. The number of ether oxygens (including phenoxy) is 4. The largest absolute Gasteiger partial charge is 0.496 e. The van der Waals surface area contributed by atoms with Crippen molar-refractivity contribution in [2.75, 3.05) is 32.6 Å². The molecule has 2 N–H and O–H groups in total. The zero-order valence-corrected chi connectivity index (χ0v) is 23.7. The molecule has 0 aliphatic carbocycles. The van der Waals surface area contributed by atoms with Gasteiger partial charge in [-0.25, -0.2) is 0 Å². The molecule has 0 aromatic heterocycles. The van der Waals surface area contributed by atoms with Gasteiger partial charge in [-0.3, -0.25) is 9.79 Å². The summed E-state index contributed by atoms with van der Waals surface area (Å²) in [6, 6.07) is 13.2. The standard InChI is InChI=1S/C32H37N3O5/c1-20-14-25(17-31(37-4)22(20)3)40-29-10-9-24(16-27(29)33)38-12-5-6-13-39-30-18-28-26(15-21(30)2)32(36)35-11-7-8-23(35)19-34-28/h9-10,14-19,23H,5-8,11-13,33H2,1-4H3/t23-/m0/s1. The Balaban J connectivity index is 1.10. The first-order valence-electron chi connectivity index (χ1n) is 13.8. The quantitative estimate of drug-likeness (QED) is 0.230. The van der Waals surface area contributed by atoms with Crippen LogP contribution in [-0.2, 0) is 0 Å². The first-order chi connectivity index (χ1) is 19.3. The minimum absolute atomic E-state index is 0.0625. The van der Waals surface area contributed by atoms with Crippen LogP contribution in [0.2, 0.25) is 0 Å². The number of anilines is 1. The van der Waals surface area contributed by atoms with E-state index in [9.17, 15) is 4.79 Å². The van der Waals surface area contributed by atoms with E-state index in [0.717, 1.165) is 60.4 Å². The van der Waals surface area contributed by atoms with Crippen molar-refractivity contribution in [2.45, 2.75) is 52.5 Å². The van der Waals surface area contributed by atoms with Crippen LogP contribution in [-0.4, -0.2) is 49.9 Å². The summed E-state index contributed by atoms with van der Waals surface area (Å²) >= 11 is 0. The monoisotopic (exact) mass is 543 g/mol. The Labute approximate surface area is 235 Å². The number of hydrogen-bond donors (Lipinski definition) is 1. The SMILES string of the molecule is COc1cc(Oc2ccc(OCCCCOc3cc4c(cc3C)C(=O)N3CCC[C@H]3C=N4)cc2N)cc(C)c1C. The molecule has 3 aromatic carbocycles. The van der Waals surface area contributed by atoms with Crippen LogP contribution in [0.25, 0.3) is 0 Å². The van der Waals surface area contributed by atoms with E-state index >= 15 is 0 Å². The molecule has 1 atom stereocenters. The van der Waals surface area contributed by atoms with E-state index in [1.807, 2.05) is 68.3 Å². The van der Waals surface area contributed by atoms with Gasteiger partial charge in [0.25, 0.3) is 5.91 Å². The second-order valence-corrected chi connectivity index (χ2v) is 10.4. The number of fused-ring (bicyclic) bond motifs is 2. The second-order valence-electron chi connectivity index (χ2n) is 10.4. The molecular formula is C32H37N3O5. The average Bonchev–Trinajstić information content (AvgIpc) is 3.37. The van der Waals surface area contributed by atoms with Crippen molar-refractivity contribution in [3.05, 3.63) is 64.7 Å². The third-order valence-corrected chi connectivity index (χ3v) is 7.56. The molecule has 1 saturated heterocycles. The molecule has 0 unspecified atom stereocenters. The van der Waals surface area contributed by atoms with Gasteiger partial charge in [0.1, 0.15) is 23.0 Å². The number of rotatable bonds is 10. The van der Waals surface area contributed by atoms with Crippen molar-refractivity contribution < 1.29 is 23.7 Å². The molecule has 2 aliphatic rings. The van der Waals surface area contributed by atoms with Crippen molar-refractivity contribution >= 4 is 23.5 Å². The number of carbonyl (C=O) groups is 1. The Morgan fingerprint density at radius 3 is 2.50 bits per heavy atom. The molecule has 0 spiro atoms. The Bertz CT molecular complexity index is 1430. The maximum absolute atomic E-state index is 13.0. The van der Waals surface area contributed by atoms with E-state index in [1.54, 1.807) is 13.2 Å². The Kier molecular flexibility index (Phi) is 8.14. The number of carbonyl (C=O) groups excluding carboxylic acids is 1. The first-order valence-corrected chi connectivity index (χ1v) is 13.8. The summed E-state index contributed by atoms with van der Waals surface area (Å²) in [7, 11) is 1.65. The van der Waals surface area contributed by atoms with Gasteiger partial charge in [0.15, 0.2) is 5.75 Å². The highest BCUT2D eigenvalue weighted by atomic mass is 16.5. The predicted octanol–water partition coefficient (Wildman–Crippen LogP) is 6.55. The molecule has 8 nitrogen and oxygen atoms in total. The summed E-state index contributed by atoms with van der Waals surface area (Å²) in [4.78, 5) is 19.5. The highest BCUT2D eigenvalue weighted by Crippen LogP contribution is 2.36. The van der Waals surface area contributed by atoms with Crippen LogP contribution >= 0.6 is 0 Å². The minimum atomic E-state index is 0.0625. The first kappa shape index (κ1) is 27.4. The van der Waals surface area contributed by atoms with E-state index in [2.05, 4.69) is 4.99 Å². The number of nitrogen functional groups attached to an aromatic ring is 1. The number of nitrogens with two attached hydrogens (primary N) is 1. The molecule has 1 amide bonds. The van der Waals surface area contributed by atoms with Crippen LogP contribution in [0.5, 0.6) is 28.7 Å². The lowest BCUT2D eigenvalue weighted by molar-refractivity contribution is 0.0774. The third-order valence-electron chi connectivity index (χ3n) is 7.56. The lowest BCUT2D eigenvalue weighted by Gasteiger charge is -2.20. The molecule has 210 valence electrons. The summed E-state index contributed by atoms with van der Waals surface area (Å²) in [5.74, 6) is 3.52. The van der Waals surface area contributed by atoms with Gasteiger partial charge in [0.05, 0.1) is 43.3 Å². The molecule has 8 heteroatoms. The summed E-state index contributed by atoms with van der Waals surface area (Å²) in [6.07, 6.45) is 5.54. The van der Waals surface area contributed by atoms with Gasteiger partial charge in [0, 0.05) is 31.0 Å². The molecule has 3 aromatic rings. The summed E-state index contributed by atoms with van der Waals surface area (Å²) < 4.78 is 23.4. The number of aliphatic imine (C=N–C) groups is 1. The number of aryl methyl sites for hydroxylation is 2. The molecular weight excluding hydrogens is 506 g/mol. The molecule has 0 bridgehead atoms. The zero-order chi connectivity index (χ0) is 28.2. The maximum atomic E-state index is 13.0. The van der Waals surface area contributed by atoms with Crippen LogP contribution in [0.1, 0.15) is 52.7 Å². The molecule has 0 radical (unpaired) electrons. The molecule has 5 rings (SSSR count). The molecule has 40 heavy (non-hydrogen) atoms. The van der Waals surface area contributed by atoms with Crippen molar-refractivity contribution in [1.29, 1.82) is 0 Å². The van der Waals surface area contributed by atoms with Crippen LogP contribution in [0.4, 0.5) is 11.4 Å². The lowest BCUT2D eigenvalue weighted by atomic mass is 10.1. The van der Waals surface area contributed by atoms with E-state index in [4.69, 9.17) is 24.7 Å². The normalized spacial score (nSPS) is 15.8. The van der Waals surface area contributed by atoms with Gasteiger partial charge >= 0.3 is 0 Å². The fourth-order valence-corrected chi connectivity index (χ4v) is 5.11. The number of hydrogen-bond acceptors (Lipinski definition) is 7. The van der Waals surface area contributed by atoms with E-state index in [-0.39, 0.29) is 11.9 Å². The number of unbranched alkanes of at least 4 members (excludes halogenated alkanes) is 1. The van der Waals surface area contributed by atoms with Gasteiger partial charge in [-0.15, -0.1) is 0 Å². The molecule has 2 aliphatic heterocycles. The van der Waals surface area contributed by atoms with E-state index in [1.165, 1.54) is 0 Å². The van der Waals surface area contributed by atoms with Crippen LogP contribution < -0.4 is 24.7 Å². The van der Waals surface area contributed by atoms with E-state index < -0.39 is 0 Å². The van der Waals surface area contributed by atoms with Crippen LogP contribution in [0.3, 0.4) is 0 Å². The molecule has 0 saturated carbocycles. The zero-order valence-electron chi connectivity index (χ0n) is 23.7.